The lowest BCUT2D eigenvalue weighted by Gasteiger charge is -2.27. The van der Waals surface area contributed by atoms with Crippen LogP contribution in [0, 0.1) is 0 Å². The second-order valence-electron chi connectivity index (χ2n) is 19.3. The van der Waals surface area contributed by atoms with Crippen LogP contribution in [0.1, 0.15) is 25.0 Å². The quantitative estimate of drug-likeness (QED) is 0.140. The van der Waals surface area contributed by atoms with Gasteiger partial charge in [0, 0.05) is 38.8 Å². The molecule has 0 unspecified atom stereocenters. The first kappa shape index (κ1) is 42.1. The lowest BCUT2D eigenvalue weighted by atomic mass is 9.79. The Kier molecular flexibility index (Phi) is 10.2. The molecular formula is C69H50N2. The Morgan fingerprint density at radius 1 is 0.282 bits per heavy atom. The summed E-state index contributed by atoms with van der Waals surface area (Å²) in [5.41, 5.74) is 24.2. The van der Waals surface area contributed by atoms with Crippen LogP contribution < -0.4 is 4.90 Å². The highest BCUT2D eigenvalue weighted by Crippen LogP contribution is 2.52. The van der Waals surface area contributed by atoms with Gasteiger partial charge in [-0.25, -0.2) is 0 Å². The molecule has 12 aromatic rings. The molecule has 336 valence electrons. The minimum Gasteiger partial charge on any atom is -0.311 e. The van der Waals surface area contributed by atoms with Crippen molar-refractivity contribution in [2.45, 2.75) is 19.3 Å². The third kappa shape index (κ3) is 7.18. The first-order valence-corrected chi connectivity index (χ1v) is 24.7. The number of hydrogen-bond donors (Lipinski definition) is 0. The predicted octanol–water partition coefficient (Wildman–Crippen LogP) is 18.9. The molecule has 0 N–H and O–H groups in total. The summed E-state index contributed by atoms with van der Waals surface area (Å²) in [5, 5.41) is 2.51. The molecule has 0 aliphatic heterocycles. The fourth-order valence-electron chi connectivity index (χ4n) is 11.5. The fourth-order valence-corrected chi connectivity index (χ4v) is 11.5. The van der Waals surface area contributed by atoms with Crippen LogP contribution >= 0.6 is 0 Å². The minimum atomic E-state index is -0.107. The SMILES string of the molecule is CC1(C)c2ccccc2-c2cccc(-c3ccc(N(c4ccc(-c5ccc(-c6ccccc6)cc5)cc4)c4ccc(-c5ccccc5-c5ccccc5-n5c6ccccc6c6ccccc65)cc4)cc3)c21. The van der Waals surface area contributed by atoms with Crippen molar-refractivity contribution in [2.75, 3.05) is 4.90 Å². The van der Waals surface area contributed by atoms with Crippen LogP contribution in [-0.4, -0.2) is 4.57 Å². The van der Waals surface area contributed by atoms with E-state index in [0.29, 0.717) is 0 Å². The van der Waals surface area contributed by atoms with E-state index in [1.54, 1.807) is 0 Å². The summed E-state index contributed by atoms with van der Waals surface area (Å²) in [7, 11) is 0. The van der Waals surface area contributed by atoms with Gasteiger partial charge in [-0.05, 0) is 127 Å². The number of aromatic nitrogens is 1. The molecule has 13 rings (SSSR count). The lowest BCUT2D eigenvalue weighted by Crippen LogP contribution is -2.16. The van der Waals surface area contributed by atoms with Crippen LogP contribution in [0.2, 0.25) is 0 Å². The normalized spacial score (nSPS) is 12.5. The Bertz CT molecular complexity index is 3860. The molecule has 0 radical (unpaired) electrons. The Labute approximate surface area is 416 Å². The smallest absolute Gasteiger partial charge is 0.0541 e. The second-order valence-corrected chi connectivity index (χ2v) is 19.3. The van der Waals surface area contributed by atoms with Crippen molar-refractivity contribution in [3.63, 3.8) is 0 Å². The zero-order valence-corrected chi connectivity index (χ0v) is 39.8. The van der Waals surface area contributed by atoms with Crippen LogP contribution in [0.25, 0.3) is 94.3 Å². The largest absolute Gasteiger partial charge is 0.311 e. The Morgan fingerprint density at radius 2 is 0.676 bits per heavy atom. The molecule has 0 saturated heterocycles. The van der Waals surface area contributed by atoms with E-state index in [4.69, 9.17) is 0 Å². The molecule has 0 bridgehead atoms. The summed E-state index contributed by atoms with van der Waals surface area (Å²) in [5.74, 6) is 0. The average molecular weight is 907 g/mol. The van der Waals surface area contributed by atoms with Gasteiger partial charge in [-0.3, -0.25) is 0 Å². The summed E-state index contributed by atoms with van der Waals surface area (Å²) in [6.45, 7) is 4.73. The summed E-state index contributed by atoms with van der Waals surface area (Å²) >= 11 is 0. The molecule has 0 spiro atoms. The average Bonchev–Trinajstić information content (AvgIpc) is 3.90. The van der Waals surface area contributed by atoms with E-state index in [2.05, 4.69) is 290 Å². The van der Waals surface area contributed by atoms with Crippen molar-refractivity contribution in [2.24, 2.45) is 0 Å². The van der Waals surface area contributed by atoms with E-state index >= 15 is 0 Å². The van der Waals surface area contributed by atoms with Gasteiger partial charge in [-0.2, -0.15) is 0 Å². The van der Waals surface area contributed by atoms with Crippen LogP contribution in [0.4, 0.5) is 17.1 Å². The molecule has 1 heterocycles. The van der Waals surface area contributed by atoms with Gasteiger partial charge in [0.15, 0.2) is 0 Å². The number of benzene rings is 11. The maximum absolute atomic E-state index is 2.43. The molecule has 0 amide bonds. The molecule has 0 fully saturated rings. The van der Waals surface area contributed by atoms with Crippen molar-refractivity contribution in [1.29, 1.82) is 0 Å². The van der Waals surface area contributed by atoms with Crippen LogP contribution in [0.5, 0.6) is 0 Å². The molecule has 2 heteroatoms. The highest BCUT2D eigenvalue weighted by molar-refractivity contribution is 6.10. The molecule has 0 saturated carbocycles. The maximum Gasteiger partial charge on any atom is 0.0541 e. The number of para-hydroxylation sites is 3. The summed E-state index contributed by atoms with van der Waals surface area (Å²) in [4.78, 5) is 2.38. The van der Waals surface area contributed by atoms with Crippen LogP contribution in [-0.2, 0) is 5.41 Å². The Hall–Kier alpha value is -8.98. The zero-order valence-electron chi connectivity index (χ0n) is 39.8. The van der Waals surface area contributed by atoms with E-state index in [-0.39, 0.29) is 5.41 Å². The van der Waals surface area contributed by atoms with Gasteiger partial charge in [0.2, 0.25) is 0 Å². The first-order chi connectivity index (χ1) is 35.0. The fraction of sp³-hybridized carbons (Fsp3) is 0.0435. The van der Waals surface area contributed by atoms with Crippen molar-refractivity contribution in [1.82, 2.24) is 4.57 Å². The van der Waals surface area contributed by atoms with Crippen LogP contribution in [0.15, 0.2) is 267 Å². The van der Waals surface area contributed by atoms with Crippen LogP contribution in [0.3, 0.4) is 0 Å². The number of rotatable bonds is 9. The standard InChI is InChI=1S/C69H50N2/c1-69(2)64-27-12-8-21-59(64)63-26-16-25-57(68(63)69)52-39-45-55(46-40-52)70(53-41-35-50(36-42-53)49-33-31-48(32-34-49)47-17-4-3-5-18-47)54-43-37-51(38-44-54)56-19-6-7-20-58(56)60-22-9-13-28-65(60)71-66-29-14-10-23-61(66)62-24-11-15-30-67(62)71/h3-46H,1-2H3. The van der Waals surface area contributed by atoms with Crippen molar-refractivity contribution in [3.8, 4) is 72.4 Å². The van der Waals surface area contributed by atoms with Gasteiger partial charge in [-0.15, -0.1) is 0 Å². The second kappa shape index (κ2) is 17.2. The van der Waals surface area contributed by atoms with E-state index in [1.165, 1.54) is 94.1 Å². The molecule has 11 aromatic carbocycles. The topological polar surface area (TPSA) is 8.17 Å². The molecule has 1 aliphatic rings. The maximum atomic E-state index is 2.43. The first-order valence-electron chi connectivity index (χ1n) is 24.7. The summed E-state index contributed by atoms with van der Waals surface area (Å²) < 4.78 is 2.43. The zero-order chi connectivity index (χ0) is 47.5. The Balaban J connectivity index is 0.884. The molecule has 1 aromatic heterocycles. The van der Waals surface area contributed by atoms with Crippen molar-refractivity contribution in [3.05, 3.63) is 278 Å². The monoisotopic (exact) mass is 906 g/mol. The third-order valence-electron chi connectivity index (χ3n) is 14.8. The molecule has 2 nitrogen and oxygen atoms in total. The van der Waals surface area contributed by atoms with Gasteiger partial charge in [-0.1, -0.05) is 226 Å². The Morgan fingerprint density at radius 3 is 1.27 bits per heavy atom. The lowest BCUT2D eigenvalue weighted by molar-refractivity contribution is 0.662. The number of hydrogen-bond acceptors (Lipinski definition) is 1. The van der Waals surface area contributed by atoms with E-state index in [0.717, 1.165) is 28.3 Å². The molecular weight excluding hydrogens is 857 g/mol. The molecule has 1 aliphatic carbocycles. The van der Waals surface area contributed by atoms with Crippen molar-refractivity contribution < 1.29 is 0 Å². The number of anilines is 3. The third-order valence-corrected chi connectivity index (χ3v) is 14.8. The summed E-state index contributed by atoms with van der Waals surface area (Å²) in [6, 6.07) is 97.6. The van der Waals surface area contributed by atoms with Crippen molar-refractivity contribution >= 4 is 38.9 Å². The molecule has 71 heavy (non-hydrogen) atoms. The summed E-state index contributed by atoms with van der Waals surface area (Å²) in [6.07, 6.45) is 0. The minimum absolute atomic E-state index is 0.107. The van der Waals surface area contributed by atoms with Gasteiger partial charge in [0.25, 0.3) is 0 Å². The molecule has 0 atom stereocenters. The van der Waals surface area contributed by atoms with Gasteiger partial charge in [0.1, 0.15) is 0 Å². The predicted molar refractivity (Wildman–Crippen MR) is 300 cm³/mol. The number of fused-ring (bicyclic) bond motifs is 6. The highest BCUT2D eigenvalue weighted by atomic mass is 15.1. The van der Waals surface area contributed by atoms with Gasteiger partial charge < -0.3 is 9.47 Å². The van der Waals surface area contributed by atoms with E-state index in [1.807, 2.05) is 0 Å². The van der Waals surface area contributed by atoms with E-state index in [9.17, 15) is 0 Å². The van der Waals surface area contributed by atoms with Gasteiger partial charge in [0.05, 0.1) is 16.7 Å². The van der Waals surface area contributed by atoms with Gasteiger partial charge >= 0.3 is 0 Å². The number of nitrogens with zero attached hydrogens (tertiary/aromatic N) is 2. The highest BCUT2D eigenvalue weighted by Gasteiger charge is 2.37. The van der Waals surface area contributed by atoms with E-state index < -0.39 is 0 Å².